The van der Waals surface area contributed by atoms with Gasteiger partial charge in [-0.1, -0.05) is 48.0 Å². The zero-order valence-electron chi connectivity index (χ0n) is 17.6. The Morgan fingerprint density at radius 2 is 1.71 bits per heavy atom. The summed E-state index contributed by atoms with van der Waals surface area (Å²) in [7, 11) is 0. The van der Waals surface area contributed by atoms with E-state index < -0.39 is 11.8 Å². The number of hydrogen-bond acceptors (Lipinski definition) is 5. The maximum absolute atomic E-state index is 12.3. The summed E-state index contributed by atoms with van der Waals surface area (Å²) in [4.78, 5) is 29.9. The van der Waals surface area contributed by atoms with Crippen molar-refractivity contribution in [3.05, 3.63) is 70.2 Å². The van der Waals surface area contributed by atoms with Crippen LogP contribution >= 0.6 is 11.3 Å². The highest BCUT2D eigenvalue weighted by Gasteiger charge is 2.16. The number of aromatic nitrogens is 3. The van der Waals surface area contributed by atoms with Crippen molar-refractivity contribution in [2.45, 2.75) is 27.2 Å². The molecule has 0 saturated carbocycles. The minimum absolute atomic E-state index is 0.324. The van der Waals surface area contributed by atoms with Crippen LogP contribution in [0.1, 0.15) is 22.4 Å². The molecule has 158 valence electrons. The first-order valence-corrected chi connectivity index (χ1v) is 10.9. The van der Waals surface area contributed by atoms with Crippen molar-refractivity contribution in [1.29, 1.82) is 0 Å². The number of aryl methyl sites for hydroxylation is 3. The van der Waals surface area contributed by atoms with E-state index in [9.17, 15) is 9.59 Å². The van der Waals surface area contributed by atoms with Crippen LogP contribution in [0.25, 0.3) is 16.3 Å². The van der Waals surface area contributed by atoms with Crippen LogP contribution in [0.15, 0.2) is 47.8 Å². The summed E-state index contributed by atoms with van der Waals surface area (Å²) in [5.74, 6) is -0.659. The molecule has 31 heavy (non-hydrogen) atoms. The molecular formula is C23H23N5O2S. The highest BCUT2D eigenvalue weighted by molar-refractivity contribution is 7.15. The number of fused-ring (bicyclic) bond motifs is 1. The topological polar surface area (TPSA) is 88.4 Å². The number of nitrogens with zero attached hydrogens (tertiary/aromatic N) is 3. The Balaban J connectivity index is 1.37. The molecule has 2 aromatic carbocycles. The zero-order valence-corrected chi connectivity index (χ0v) is 18.4. The number of carbonyl (C=O) groups is 2. The largest absolute Gasteiger partial charge is 0.347 e. The quantitative estimate of drug-likeness (QED) is 0.470. The SMILES string of the molecule is Cc1ccc(-c2nc3scc(CCNC(=O)C(=O)Nc4c(C)cccc4C)n3n2)cc1. The van der Waals surface area contributed by atoms with E-state index in [0.717, 1.165) is 27.3 Å². The monoisotopic (exact) mass is 433 g/mol. The average Bonchev–Trinajstić information content (AvgIpc) is 3.33. The smallest absolute Gasteiger partial charge is 0.313 e. The highest BCUT2D eigenvalue weighted by atomic mass is 32.1. The van der Waals surface area contributed by atoms with Crippen LogP contribution in [0.3, 0.4) is 0 Å². The first-order chi connectivity index (χ1) is 14.9. The fourth-order valence-electron chi connectivity index (χ4n) is 3.29. The van der Waals surface area contributed by atoms with Gasteiger partial charge in [0.25, 0.3) is 0 Å². The van der Waals surface area contributed by atoms with Crippen molar-refractivity contribution in [1.82, 2.24) is 19.9 Å². The predicted molar refractivity (Wildman–Crippen MR) is 122 cm³/mol. The van der Waals surface area contributed by atoms with Crippen LogP contribution < -0.4 is 10.6 Å². The second kappa shape index (κ2) is 8.69. The maximum Gasteiger partial charge on any atom is 0.313 e. The van der Waals surface area contributed by atoms with E-state index in [-0.39, 0.29) is 0 Å². The Morgan fingerprint density at radius 1 is 1.00 bits per heavy atom. The summed E-state index contributed by atoms with van der Waals surface area (Å²) in [5, 5.41) is 12.0. The summed E-state index contributed by atoms with van der Waals surface area (Å²) in [5.41, 5.74) is 5.58. The number of carbonyl (C=O) groups excluding carboxylic acids is 2. The number of benzene rings is 2. The van der Waals surface area contributed by atoms with Crippen molar-refractivity contribution in [3.8, 4) is 11.4 Å². The van der Waals surface area contributed by atoms with Crippen LogP contribution in [-0.2, 0) is 16.0 Å². The van der Waals surface area contributed by atoms with Gasteiger partial charge in [0, 0.05) is 29.6 Å². The molecule has 8 heteroatoms. The second-order valence-electron chi connectivity index (χ2n) is 7.45. The number of hydrogen-bond donors (Lipinski definition) is 2. The molecular weight excluding hydrogens is 410 g/mol. The first-order valence-electron chi connectivity index (χ1n) is 9.98. The molecule has 0 spiro atoms. The first kappa shape index (κ1) is 20.7. The van der Waals surface area contributed by atoms with Crippen molar-refractivity contribution in [3.63, 3.8) is 0 Å². The summed E-state index contributed by atoms with van der Waals surface area (Å²) >= 11 is 1.50. The molecule has 0 bridgehead atoms. The molecule has 0 aliphatic carbocycles. The molecule has 2 heterocycles. The Kier molecular flexibility index (Phi) is 5.81. The van der Waals surface area contributed by atoms with E-state index in [1.807, 2.05) is 68.6 Å². The Labute approximate surface area is 184 Å². The molecule has 0 saturated heterocycles. The van der Waals surface area contributed by atoms with Gasteiger partial charge in [-0.3, -0.25) is 9.59 Å². The zero-order chi connectivity index (χ0) is 22.0. The van der Waals surface area contributed by atoms with Crippen LogP contribution in [0.5, 0.6) is 0 Å². The second-order valence-corrected chi connectivity index (χ2v) is 8.29. The molecule has 2 N–H and O–H groups in total. The number of thiazole rings is 1. The summed E-state index contributed by atoms with van der Waals surface area (Å²) in [6.45, 7) is 6.15. The van der Waals surface area contributed by atoms with Crippen LogP contribution in [0.2, 0.25) is 0 Å². The van der Waals surface area contributed by atoms with E-state index in [2.05, 4.69) is 20.7 Å². The van der Waals surface area contributed by atoms with Gasteiger partial charge in [-0.2, -0.15) is 4.98 Å². The fraction of sp³-hybridized carbons (Fsp3) is 0.217. The van der Waals surface area contributed by atoms with Gasteiger partial charge in [0.1, 0.15) is 0 Å². The summed E-state index contributed by atoms with van der Waals surface area (Å²) in [6, 6.07) is 13.8. The van der Waals surface area contributed by atoms with E-state index in [0.29, 0.717) is 24.5 Å². The summed E-state index contributed by atoms with van der Waals surface area (Å²) < 4.78 is 1.79. The fourth-order valence-corrected chi connectivity index (χ4v) is 4.14. The van der Waals surface area contributed by atoms with E-state index in [1.165, 1.54) is 16.9 Å². The van der Waals surface area contributed by atoms with Crippen molar-refractivity contribution >= 4 is 33.8 Å². The lowest BCUT2D eigenvalue weighted by atomic mass is 10.1. The molecule has 0 aliphatic rings. The number of para-hydroxylation sites is 1. The van der Waals surface area contributed by atoms with E-state index >= 15 is 0 Å². The average molecular weight is 434 g/mol. The van der Waals surface area contributed by atoms with Gasteiger partial charge in [-0.15, -0.1) is 16.4 Å². The van der Waals surface area contributed by atoms with E-state index in [4.69, 9.17) is 0 Å². The lowest BCUT2D eigenvalue weighted by Gasteiger charge is -2.11. The Morgan fingerprint density at radius 3 is 2.42 bits per heavy atom. The molecule has 0 aliphatic heterocycles. The molecule has 2 aromatic heterocycles. The molecule has 0 radical (unpaired) electrons. The predicted octanol–water partition coefficient (Wildman–Crippen LogP) is 3.68. The minimum atomic E-state index is -0.671. The standard InChI is InChI=1S/C23H23N5O2S/c1-14-7-9-17(10-8-14)20-26-23-28(27-20)18(13-31-23)11-12-24-21(29)22(30)25-19-15(2)5-4-6-16(19)3/h4-10,13H,11-12H2,1-3H3,(H,24,29)(H,25,30). The summed E-state index contributed by atoms with van der Waals surface area (Å²) in [6.07, 6.45) is 0.541. The van der Waals surface area contributed by atoms with Gasteiger partial charge >= 0.3 is 11.8 Å². The van der Waals surface area contributed by atoms with Gasteiger partial charge in [0.2, 0.25) is 4.96 Å². The number of rotatable bonds is 5. The lowest BCUT2D eigenvalue weighted by molar-refractivity contribution is -0.136. The van der Waals surface area contributed by atoms with Crippen molar-refractivity contribution in [2.75, 3.05) is 11.9 Å². The van der Waals surface area contributed by atoms with Crippen LogP contribution in [-0.4, -0.2) is 33.0 Å². The van der Waals surface area contributed by atoms with E-state index in [1.54, 1.807) is 4.52 Å². The third-order valence-electron chi connectivity index (χ3n) is 5.05. The molecule has 0 atom stereocenters. The third-order valence-corrected chi connectivity index (χ3v) is 5.92. The van der Waals surface area contributed by atoms with Gasteiger partial charge < -0.3 is 10.6 Å². The number of amides is 2. The number of nitrogens with one attached hydrogen (secondary N) is 2. The van der Waals surface area contributed by atoms with Crippen LogP contribution in [0.4, 0.5) is 5.69 Å². The molecule has 4 aromatic rings. The molecule has 7 nitrogen and oxygen atoms in total. The normalized spacial score (nSPS) is 10.9. The molecule has 0 unspecified atom stereocenters. The van der Waals surface area contributed by atoms with Crippen molar-refractivity contribution in [2.24, 2.45) is 0 Å². The van der Waals surface area contributed by atoms with Crippen LogP contribution in [0, 0.1) is 20.8 Å². The Bertz CT molecular complexity index is 1240. The minimum Gasteiger partial charge on any atom is -0.347 e. The molecule has 0 fully saturated rings. The Hall–Kier alpha value is -3.52. The van der Waals surface area contributed by atoms with Gasteiger partial charge in [-0.25, -0.2) is 4.52 Å². The maximum atomic E-state index is 12.3. The van der Waals surface area contributed by atoms with Crippen molar-refractivity contribution < 1.29 is 9.59 Å². The third kappa shape index (κ3) is 4.49. The van der Waals surface area contributed by atoms with Gasteiger partial charge in [-0.05, 0) is 31.9 Å². The lowest BCUT2D eigenvalue weighted by Crippen LogP contribution is -2.36. The molecule has 2 amide bonds. The highest BCUT2D eigenvalue weighted by Crippen LogP contribution is 2.22. The van der Waals surface area contributed by atoms with Gasteiger partial charge in [0.15, 0.2) is 5.82 Å². The van der Waals surface area contributed by atoms with Gasteiger partial charge in [0.05, 0.1) is 5.69 Å². The molecule has 4 rings (SSSR count). The number of anilines is 1.